The predicted octanol–water partition coefficient (Wildman–Crippen LogP) is 6.46. The first-order valence-corrected chi connectivity index (χ1v) is 15.2. The number of fused-ring (bicyclic) bond motifs is 1. The van der Waals surface area contributed by atoms with Crippen LogP contribution in [0, 0.1) is 5.82 Å². The number of methoxy groups -OCH3 is 1. The highest BCUT2D eigenvalue weighted by atomic mass is 79.9. The van der Waals surface area contributed by atoms with Gasteiger partial charge in [0.1, 0.15) is 24.0 Å². The van der Waals surface area contributed by atoms with Crippen molar-refractivity contribution in [2.75, 3.05) is 31.5 Å². The number of hydrogen-bond donors (Lipinski definition) is 1. The van der Waals surface area contributed by atoms with E-state index in [0.717, 1.165) is 34.7 Å². The quantitative estimate of drug-likeness (QED) is 0.160. The minimum atomic E-state index is -3.81. The molecule has 210 valence electrons. The fraction of sp³-hybridized carbons (Fsp3) is 0.276. The Kier molecular flexibility index (Phi) is 8.01. The van der Waals surface area contributed by atoms with Crippen LogP contribution in [0.4, 0.5) is 15.8 Å². The third kappa shape index (κ3) is 5.64. The number of furan rings is 1. The zero-order valence-electron chi connectivity index (χ0n) is 22.2. The molecular weight excluding hydrogens is 603 g/mol. The molecule has 0 radical (unpaired) electrons. The van der Waals surface area contributed by atoms with Gasteiger partial charge in [-0.05, 0) is 78.4 Å². The van der Waals surface area contributed by atoms with Crippen LogP contribution in [-0.4, -0.2) is 41.5 Å². The number of sulfonamides is 1. The Bertz CT molecular complexity index is 1680. The van der Waals surface area contributed by atoms with E-state index in [1.165, 1.54) is 30.6 Å². The van der Waals surface area contributed by atoms with Crippen LogP contribution < -0.4 is 9.62 Å². The van der Waals surface area contributed by atoms with Crippen LogP contribution in [0.1, 0.15) is 40.2 Å². The van der Waals surface area contributed by atoms with Crippen LogP contribution in [-0.2, 0) is 26.1 Å². The maximum Gasteiger partial charge on any atom is 0.255 e. The number of hydrogen-bond acceptors (Lipinski definition) is 6. The van der Waals surface area contributed by atoms with E-state index in [1.54, 1.807) is 36.4 Å². The predicted molar refractivity (Wildman–Crippen MR) is 155 cm³/mol. The summed E-state index contributed by atoms with van der Waals surface area (Å²) in [4.78, 5) is 13.0. The Morgan fingerprint density at radius 1 is 1.15 bits per heavy atom. The Morgan fingerprint density at radius 2 is 1.88 bits per heavy atom. The second-order valence-electron chi connectivity index (χ2n) is 9.63. The molecule has 1 heterocycles. The summed E-state index contributed by atoms with van der Waals surface area (Å²) in [7, 11) is -0.762. The standard InChI is InChI=1S/C29H28BrFN2O6S/c1-32-29(34)27-23-13-22(17-4-5-17)25(14-26(23)39-28(27)18-6-8-20(31)9-7-18)33(40(3,35)36)21-10-11-24(30)19(12-21)15-38-16-37-2/h6-14,17H,4-5,15-16H2,1-3H3,(H,32,34). The summed E-state index contributed by atoms with van der Waals surface area (Å²) >= 11 is 3.51. The molecule has 1 amide bonds. The molecule has 1 aliphatic carbocycles. The third-order valence-corrected chi connectivity index (χ3v) is 8.53. The zero-order valence-corrected chi connectivity index (χ0v) is 24.6. The lowest BCUT2D eigenvalue weighted by atomic mass is 10.00. The molecule has 0 spiro atoms. The Hall–Kier alpha value is -3.25. The van der Waals surface area contributed by atoms with Gasteiger partial charge < -0.3 is 19.2 Å². The van der Waals surface area contributed by atoms with Crippen LogP contribution in [0.5, 0.6) is 0 Å². The van der Waals surface area contributed by atoms with Crippen molar-refractivity contribution in [1.29, 1.82) is 0 Å². The molecule has 1 fully saturated rings. The molecule has 40 heavy (non-hydrogen) atoms. The number of carbonyl (C=O) groups excluding carboxylic acids is 1. The first-order chi connectivity index (χ1) is 19.1. The van der Waals surface area contributed by atoms with Gasteiger partial charge in [0.25, 0.3) is 5.91 Å². The minimum Gasteiger partial charge on any atom is -0.455 e. The van der Waals surface area contributed by atoms with Gasteiger partial charge in [-0.25, -0.2) is 17.1 Å². The third-order valence-electron chi connectivity index (χ3n) is 6.69. The normalized spacial score (nSPS) is 13.5. The number of benzene rings is 3. The second-order valence-corrected chi connectivity index (χ2v) is 12.3. The lowest BCUT2D eigenvalue weighted by Crippen LogP contribution is -2.26. The van der Waals surface area contributed by atoms with Gasteiger partial charge in [0, 0.05) is 35.6 Å². The van der Waals surface area contributed by atoms with Crippen LogP contribution in [0.2, 0.25) is 0 Å². The highest BCUT2D eigenvalue weighted by Gasteiger charge is 2.34. The summed E-state index contributed by atoms with van der Waals surface area (Å²) < 4.78 is 59.1. The first-order valence-electron chi connectivity index (χ1n) is 12.6. The largest absolute Gasteiger partial charge is 0.455 e. The molecule has 0 unspecified atom stereocenters. The van der Waals surface area contributed by atoms with E-state index in [1.807, 2.05) is 6.07 Å². The maximum atomic E-state index is 13.6. The molecule has 1 aliphatic rings. The van der Waals surface area contributed by atoms with Gasteiger partial charge in [0.2, 0.25) is 10.0 Å². The summed E-state index contributed by atoms with van der Waals surface area (Å²) in [5.41, 5.74) is 3.60. The molecule has 1 aromatic heterocycles. The van der Waals surface area contributed by atoms with Gasteiger partial charge in [-0.3, -0.25) is 4.79 Å². The number of ether oxygens (including phenoxy) is 2. The molecule has 11 heteroatoms. The number of anilines is 2. The van der Waals surface area contributed by atoms with Crippen LogP contribution in [0.25, 0.3) is 22.3 Å². The van der Waals surface area contributed by atoms with E-state index in [-0.39, 0.29) is 31.0 Å². The number of rotatable bonds is 10. The van der Waals surface area contributed by atoms with E-state index in [9.17, 15) is 17.6 Å². The van der Waals surface area contributed by atoms with Crippen molar-refractivity contribution < 1.29 is 31.5 Å². The molecule has 0 atom stereocenters. The molecule has 1 N–H and O–H groups in total. The highest BCUT2D eigenvalue weighted by molar-refractivity contribution is 9.10. The fourth-order valence-electron chi connectivity index (χ4n) is 4.74. The Morgan fingerprint density at radius 3 is 2.50 bits per heavy atom. The maximum absolute atomic E-state index is 13.6. The highest BCUT2D eigenvalue weighted by Crippen LogP contribution is 2.49. The van der Waals surface area contributed by atoms with Gasteiger partial charge in [-0.1, -0.05) is 15.9 Å². The van der Waals surface area contributed by atoms with Crippen molar-refractivity contribution in [1.82, 2.24) is 5.32 Å². The summed E-state index contributed by atoms with van der Waals surface area (Å²) in [5, 5.41) is 3.22. The molecule has 1 saturated carbocycles. The van der Waals surface area contributed by atoms with Crippen LogP contribution in [0.15, 0.2) is 63.5 Å². The number of carbonyl (C=O) groups is 1. The average Bonchev–Trinajstić information content (AvgIpc) is 3.70. The number of nitrogens with one attached hydrogen (secondary N) is 1. The topological polar surface area (TPSA) is 98.1 Å². The van der Waals surface area contributed by atoms with Crippen molar-refractivity contribution >= 4 is 54.2 Å². The van der Waals surface area contributed by atoms with Gasteiger partial charge in [-0.15, -0.1) is 0 Å². The van der Waals surface area contributed by atoms with Crippen molar-refractivity contribution in [2.24, 2.45) is 0 Å². The molecule has 0 aliphatic heterocycles. The van der Waals surface area contributed by atoms with Crippen molar-refractivity contribution in [3.8, 4) is 11.3 Å². The molecular formula is C29H28BrFN2O6S. The van der Waals surface area contributed by atoms with Gasteiger partial charge in [0.15, 0.2) is 0 Å². The minimum absolute atomic E-state index is 0.0947. The number of halogens is 2. The van der Waals surface area contributed by atoms with Crippen molar-refractivity contribution in [2.45, 2.75) is 25.4 Å². The Labute approximate surface area is 240 Å². The second kappa shape index (κ2) is 11.3. The molecule has 8 nitrogen and oxygen atoms in total. The van der Waals surface area contributed by atoms with Crippen molar-refractivity contribution in [3.63, 3.8) is 0 Å². The van der Waals surface area contributed by atoms with E-state index < -0.39 is 15.8 Å². The summed E-state index contributed by atoms with van der Waals surface area (Å²) in [5.74, 6) is -0.364. The number of nitrogens with zero attached hydrogens (tertiary/aromatic N) is 1. The summed E-state index contributed by atoms with van der Waals surface area (Å²) in [6.07, 6.45) is 2.94. The number of amides is 1. The van der Waals surface area contributed by atoms with E-state index >= 15 is 0 Å². The van der Waals surface area contributed by atoms with Gasteiger partial charge in [-0.2, -0.15) is 0 Å². The lowest BCUT2D eigenvalue weighted by molar-refractivity contribution is -0.0392. The monoisotopic (exact) mass is 630 g/mol. The van der Waals surface area contributed by atoms with E-state index in [2.05, 4.69) is 21.2 Å². The first kappa shape index (κ1) is 28.3. The van der Waals surface area contributed by atoms with E-state index in [4.69, 9.17) is 13.9 Å². The molecule has 3 aromatic carbocycles. The molecule has 4 aromatic rings. The smallest absolute Gasteiger partial charge is 0.255 e. The molecule has 5 rings (SSSR count). The van der Waals surface area contributed by atoms with Crippen molar-refractivity contribution in [3.05, 3.63) is 81.6 Å². The van der Waals surface area contributed by atoms with Gasteiger partial charge >= 0.3 is 0 Å². The average molecular weight is 632 g/mol. The SMILES string of the molecule is CNC(=O)c1c(-c2ccc(F)cc2)oc2cc(N(c3ccc(Br)c(COCOC)c3)S(C)(=O)=O)c(C3CC3)cc12. The summed E-state index contributed by atoms with van der Waals surface area (Å²) in [6.45, 7) is 0.306. The van der Waals surface area contributed by atoms with Crippen LogP contribution in [0.3, 0.4) is 0 Å². The Balaban J connectivity index is 1.72. The fourth-order valence-corrected chi connectivity index (χ4v) is 6.12. The van der Waals surface area contributed by atoms with Gasteiger partial charge in [0.05, 0.1) is 29.8 Å². The summed E-state index contributed by atoms with van der Waals surface area (Å²) in [6, 6.07) is 14.4. The molecule has 0 saturated heterocycles. The molecule has 0 bridgehead atoms. The van der Waals surface area contributed by atoms with E-state index in [0.29, 0.717) is 33.5 Å². The zero-order chi connectivity index (χ0) is 28.6. The lowest BCUT2D eigenvalue weighted by Gasteiger charge is -2.26. The van der Waals surface area contributed by atoms with Crippen LogP contribution >= 0.6 is 15.9 Å².